The summed E-state index contributed by atoms with van der Waals surface area (Å²) in [6.07, 6.45) is 0. The van der Waals surface area contributed by atoms with Crippen LogP contribution in [0.2, 0.25) is 0 Å². The summed E-state index contributed by atoms with van der Waals surface area (Å²) in [4.78, 5) is 12.5. The number of nitrogens with zero attached hydrogens (tertiary/aromatic N) is 3. The topological polar surface area (TPSA) is 72.0 Å². The minimum Gasteiger partial charge on any atom is -0.464 e. The molecule has 6 nitrogen and oxygen atoms in total. The first-order valence-corrected chi connectivity index (χ1v) is 6.36. The van der Waals surface area contributed by atoms with Crippen LogP contribution in [0.5, 0.6) is 6.01 Å². The van der Waals surface area contributed by atoms with E-state index in [9.17, 15) is 4.39 Å². The van der Waals surface area contributed by atoms with E-state index >= 15 is 0 Å². The van der Waals surface area contributed by atoms with E-state index in [1.807, 2.05) is 13.8 Å². The fraction of sp³-hybridized carbons (Fsp3) is 0.308. The normalized spacial score (nSPS) is 10.2. The van der Waals surface area contributed by atoms with Gasteiger partial charge in [0.1, 0.15) is 5.82 Å². The molecule has 2 N–H and O–H groups in total. The standard InChI is InChI=1S/C13H16FN5O/c1-3-15-11-17-12(19-13(18-11)20-4-2)16-10-7-5-9(14)6-8-10/h5-8H,3-4H2,1-2H3,(H2,15,16,17,18,19). The molecule has 2 rings (SSSR count). The van der Waals surface area contributed by atoms with Crippen LogP contribution in [0, 0.1) is 5.82 Å². The summed E-state index contributed by atoms with van der Waals surface area (Å²) in [5.41, 5.74) is 0.683. The van der Waals surface area contributed by atoms with Gasteiger partial charge in [-0.05, 0) is 38.1 Å². The molecule has 0 unspecified atom stereocenters. The maximum absolute atomic E-state index is 12.9. The second-order valence-electron chi connectivity index (χ2n) is 3.86. The summed E-state index contributed by atoms with van der Waals surface area (Å²) in [6.45, 7) is 4.94. The van der Waals surface area contributed by atoms with Crippen molar-refractivity contribution in [1.29, 1.82) is 0 Å². The molecule has 0 saturated carbocycles. The Balaban J connectivity index is 2.22. The number of nitrogens with one attached hydrogen (secondary N) is 2. The lowest BCUT2D eigenvalue weighted by Crippen LogP contribution is -2.08. The van der Waals surface area contributed by atoms with Gasteiger partial charge in [-0.1, -0.05) is 0 Å². The highest BCUT2D eigenvalue weighted by molar-refractivity contribution is 5.54. The molecule has 0 fully saturated rings. The maximum atomic E-state index is 12.9. The minimum atomic E-state index is -0.297. The third kappa shape index (κ3) is 3.78. The highest BCUT2D eigenvalue weighted by Gasteiger charge is 2.07. The Hall–Kier alpha value is -2.44. The Morgan fingerprint density at radius 3 is 2.40 bits per heavy atom. The molecule has 1 aromatic heterocycles. The zero-order valence-corrected chi connectivity index (χ0v) is 11.4. The van der Waals surface area contributed by atoms with Gasteiger partial charge in [-0.15, -0.1) is 0 Å². The smallest absolute Gasteiger partial charge is 0.323 e. The van der Waals surface area contributed by atoms with Crippen molar-refractivity contribution in [3.8, 4) is 6.01 Å². The van der Waals surface area contributed by atoms with Gasteiger partial charge in [-0.2, -0.15) is 15.0 Å². The van der Waals surface area contributed by atoms with Gasteiger partial charge < -0.3 is 15.4 Å². The first-order chi connectivity index (χ1) is 9.71. The number of aromatic nitrogens is 3. The number of halogens is 1. The van der Waals surface area contributed by atoms with Crippen LogP contribution in [0.4, 0.5) is 22.0 Å². The molecule has 0 aliphatic heterocycles. The Bertz CT molecular complexity index is 537. The van der Waals surface area contributed by atoms with Gasteiger partial charge in [0.15, 0.2) is 0 Å². The predicted octanol–water partition coefficient (Wildman–Crippen LogP) is 2.58. The van der Waals surface area contributed by atoms with Crippen LogP contribution in [0.1, 0.15) is 13.8 Å². The predicted molar refractivity (Wildman–Crippen MR) is 74.8 cm³/mol. The number of hydrogen-bond acceptors (Lipinski definition) is 6. The van der Waals surface area contributed by atoms with E-state index in [0.717, 1.165) is 0 Å². The van der Waals surface area contributed by atoms with Crippen LogP contribution in [0.25, 0.3) is 0 Å². The SMILES string of the molecule is CCNc1nc(Nc2ccc(F)cc2)nc(OCC)n1. The summed E-state index contributed by atoms with van der Waals surface area (Å²) in [5.74, 6) is 0.469. The summed E-state index contributed by atoms with van der Waals surface area (Å²) >= 11 is 0. The van der Waals surface area contributed by atoms with Crippen molar-refractivity contribution in [3.63, 3.8) is 0 Å². The Morgan fingerprint density at radius 1 is 1.05 bits per heavy atom. The highest BCUT2D eigenvalue weighted by Crippen LogP contribution is 2.17. The molecule has 20 heavy (non-hydrogen) atoms. The van der Waals surface area contributed by atoms with Crippen LogP contribution < -0.4 is 15.4 Å². The summed E-state index contributed by atoms with van der Waals surface area (Å²) in [5, 5.41) is 5.98. The molecule has 0 aliphatic carbocycles. The van der Waals surface area contributed by atoms with Crippen LogP contribution >= 0.6 is 0 Å². The average Bonchev–Trinajstić information content (AvgIpc) is 2.42. The van der Waals surface area contributed by atoms with E-state index in [-0.39, 0.29) is 11.8 Å². The molecule has 0 amide bonds. The third-order valence-electron chi connectivity index (χ3n) is 2.32. The quantitative estimate of drug-likeness (QED) is 0.845. The van der Waals surface area contributed by atoms with E-state index in [0.29, 0.717) is 30.7 Å². The molecule has 1 aromatic carbocycles. The molecular weight excluding hydrogens is 261 g/mol. The molecule has 1 heterocycles. The number of benzene rings is 1. The number of ether oxygens (including phenoxy) is 1. The highest BCUT2D eigenvalue weighted by atomic mass is 19.1. The van der Waals surface area contributed by atoms with Gasteiger partial charge in [0.05, 0.1) is 6.61 Å². The molecule has 7 heteroatoms. The van der Waals surface area contributed by atoms with E-state index < -0.39 is 0 Å². The molecular formula is C13H16FN5O. The number of hydrogen-bond donors (Lipinski definition) is 2. The Morgan fingerprint density at radius 2 is 1.75 bits per heavy atom. The van der Waals surface area contributed by atoms with Gasteiger partial charge in [0.2, 0.25) is 11.9 Å². The van der Waals surface area contributed by atoms with Crippen molar-refractivity contribution in [2.24, 2.45) is 0 Å². The zero-order valence-electron chi connectivity index (χ0n) is 11.4. The second kappa shape index (κ2) is 6.65. The molecule has 0 atom stereocenters. The fourth-order valence-corrected chi connectivity index (χ4v) is 1.51. The van der Waals surface area contributed by atoms with E-state index in [2.05, 4.69) is 25.6 Å². The van der Waals surface area contributed by atoms with Crippen molar-refractivity contribution < 1.29 is 9.13 Å². The van der Waals surface area contributed by atoms with E-state index in [1.54, 1.807) is 12.1 Å². The summed E-state index contributed by atoms with van der Waals surface area (Å²) < 4.78 is 18.1. The molecule has 0 radical (unpaired) electrons. The lowest BCUT2D eigenvalue weighted by Gasteiger charge is -2.09. The average molecular weight is 277 g/mol. The molecule has 0 bridgehead atoms. The number of anilines is 3. The minimum absolute atomic E-state index is 0.239. The largest absolute Gasteiger partial charge is 0.464 e. The van der Waals surface area contributed by atoms with Crippen molar-refractivity contribution in [2.45, 2.75) is 13.8 Å². The van der Waals surface area contributed by atoms with Gasteiger partial charge >= 0.3 is 6.01 Å². The lowest BCUT2D eigenvalue weighted by molar-refractivity contribution is 0.312. The zero-order chi connectivity index (χ0) is 14.4. The molecule has 2 aromatic rings. The monoisotopic (exact) mass is 277 g/mol. The first kappa shape index (κ1) is 14.0. The Labute approximate surface area is 116 Å². The molecule has 0 aliphatic rings. The van der Waals surface area contributed by atoms with E-state index in [4.69, 9.17) is 4.74 Å². The van der Waals surface area contributed by atoms with Crippen LogP contribution in [-0.2, 0) is 0 Å². The molecule has 106 valence electrons. The third-order valence-corrected chi connectivity index (χ3v) is 2.32. The molecule has 0 spiro atoms. The first-order valence-electron chi connectivity index (χ1n) is 6.36. The summed E-state index contributed by atoms with van der Waals surface area (Å²) in [7, 11) is 0. The Kier molecular flexibility index (Phi) is 4.65. The van der Waals surface area contributed by atoms with Crippen molar-refractivity contribution in [1.82, 2.24) is 15.0 Å². The second-order valence-corrected chi connectivity index (χ2v) is 3.86. The van der Waals surface area contributed by atoms with Crippen molar-refractivity contribution >= 4 is 17.6 Å². The lowest BCUT2D eigenvalue weighted by atomic mass is 10.3. The van der Waals surface area contributed by atoms with Crippen LogP contribution in [-0.4, -0.2) is 28.1 Å². The van der Waals surface area contributed by atoms with Gasteiger partial charge in [-0.25, -0.2) is 4.39 Å². The molecule has 0 saturated heterocycles. The number of rotatable bonds is 6. The van der Waals surface area contributed by atoms with Gasteiger partial charge in [-0.3, -0.25) is 0 Å². The van der Waals surface area contributed by atoms with Crippen LogP contribution in [0.15, 0.2) is 24.3 Å². The van der Waals surface area contributed by atoms with Crippen LogP contribution in [0.3, 0.4) is 0 Å². The fourth-order valence-electron chi connectivity index (χ4n) is 1.51. The van der Waals surface area contributed by atoms with Crippen molar-refractivity contribution in [3.05, 3.63) is 30.1 Å². The van der Waals surface area contributed by atoms with E-state index in [1.165, 1.54) is 12.1 Å². The van der Waals surface area contributed by atoms with Crippen molar-refractivity contribution in [2.75, 3.05) is 23.8 Å². The van der Waals surface area contributed by atoms with Gasteiger partial charge in [0.25, 0.3) is 0 Å². The summed E-state index contributed by atoms with van der Waals surface area (Å²) in [6, 6.07) is 6.16. The maximum Gasteiger partial charge on any atom is 0.323 e. The van der Waals surface area contributed by atoms with Gasteiger partial charge in [0, 0.05) is 12.2 Å².